The second-order valence-corrected chi connectivity index (χ2v) is 6.11. The standard InChI is InChI=1S/C12H20N2O3S/c1-10(17-4)9-18(15,16)13-11-7-5-6-8-12(11)14(2)3/h5-8,10,13H,9H2,1-4H3/t10-/m0/s1. The Labute approximate surface area is 109 Å². The van der Waals surface area contributed by atoms with E-state index in [1.807, 2.05) is 31.1 Å². The third-order valence-corrected chi connectivity index (χ3v) is 3.95. The van der Waals surface area contributed by atoms with E-state index < -0.39 is 10.0 Å². The first-order valence-corrected chi connectivity index (χ1v) is 7.30. The van der Waals surface area contributed by atoms with E-state index in [0.717, 1.165) is 5.69 Å². The summed E-state index contributed by atoms with van der Waals surface area (Å²) in [6.07, 6.45) is -0.339. The summed E-state index contributed by atoms with van der Waals surface area (Å²) in [5.74, 6) is -0.0642. The number of ether oxygens (including phenoxy) is 1. The van der Waals surface area contributed by atoms with E-state index in [9.17, 15) is 8.42 Å². The molecule has 0 aliphatic rings. The molecule has 0 aliphatic carbocycles. The van der Waals surface area contributed by atoms with Crippen LogP contribution in [0.3, 0.4) is 0 Å². The number of nitrogens with zero attached hydrogens (tertiary/aromatic N) is 1. The highest BCUT2D eigenvalue weighted by Gasteiger charge is 2.17. The van der Waals surface area contributed by atoms with Gasteiger partial charge in [0.2, 0.25) is 10.0 Å². The van der Waals surface area contributed by atoms with Gasteiger partial charge in [-0.05, 0) is 19.1 Å². The molecule has 0 saturated carbocycles. The molecule has 0 fully saturated rings. The Bertz CT molecular complexity index is 486. The quantitative estimate of drug-likeness (QED) is 0.853. The maximum absolute atomic E-state index is 11.9. The average molecular weight is 272 g/mol. The van der Waals surface area contributed by atoms with Gasteiger partial charge in [-0.2, -0.15) is 0 Å². The topological polar surface area (TPSA) is 58.6 Å². The molecule has 1 aromatic carbocycles. The predicted molar refractivity (Wildman–Crippen MR) is 74.6 cm³/mol. The largest absolute Gasteiger partial charge is 0.381 e. The summed E-state index contributed by atoms with van der Waals surface area (Å²) < 4.78 is 31.4. The van der Waals surface area contributed by atoms with Gasteiger partial charge in [-0.1, -0.05) is 12.1 Å². The third-order valence-electron chi connectivity index (χ3n) is 2.51. The van der Waals surface area contributed by atoms with E-state index in [1.165, 1.54) is 7.11 Å². The summed E-state index contributed by atoms with van der Waals surface area (Å²) in [5.41, 5.74) is 1.40. The molecule has 1 rings (SSSR count). The molecular formula is C12H20N2O3S. The Morgan fingerprint density at radius 2 is 1.94 bits per heavy atom. The Hall–Kier alpha value is -1.27. The van der Waals surface area contributed by atoms with E-state index in [2.05, 4.69) is 4.72 Å². The first-order valence-electron chi connectivity index (χ1n) is 5.65. The number of nitrogens with one attached hydrogen (secondary N) is 1. The number of methoxy groups -OCH3 is 1. The smallest absolute Gasteiger partial charge is 0.235 e. The van der Waals surface area contributed by atoms with Crippen molar-refractivity contribution < 1.29 is 13.2 Å². The van der Waals surface area contributed by atoms with Gasteiger partial charge in [0, 0.05) is 21.2 Å². The van der Waals surface area contributed by atoms with Gasteiger partial charge >= 0.3 is 0 Å². The lowest BCUT2D eigenvalue weighted by Crippen LogP contribution is -2.26. The van der Waals surface area contributed by atoms with Gasteiger partial charge in [-0.15, -0.1) is 0 Å². The first kappa shape index (κ1) is 14.8. The summed E-state index contributed by atoms with van der Waals surface area (Å²) in [6.45, 7) is 1.72. The van der Waals surface area contributed by atoms with Crippen LogP contribution < -0.4 is 9.62 Å². The Morgan fingerprint density at radius 3 is 2.50 bits per heavy atom. The van der Waals surface area contributed by atoms with Gasteiger partial charge in [-0.25, -0.2) is 8.42 Å². The summed E-state index contributed by atoms with van der Waals surface area (Å²) in [4.78, 5) is 1.86. The van der Waals surface area contributed by atoms with Crippen molar-refractivity contribution in [3.63, 3.8) is 0 Å². The van der Waals surface area contributed by atoms with Gasteiger partial charge in [0.15, 0.2) is 0 Å². The zero-order valence-electron chi connectivity index (χ0n) is 11.2. The van der Waals surface area contributed by atoms with Crippen molar-refractivity contribution in [1.82, 2.24) is 0 Å². The molecule has 0 aliphatic heterocycles. The zero-order valence-corrected chi connectivity index (χ0v) is 12.0. The minimum absolute atomic E-state index is 0.0642. The SMILES string of the molecule is CO[C@@H](C)CS(=O)(=O)Nc1ccccc1N(C)C. The fraction of sp³-hybridized carbons (Fsp3) is 0.500. The Kier molecular flexibility index (Phi) is 4.98. The van der Waals surface area contributed by atoms with E-state index in [4.69, 9.17) is 4.74 Å². The van der Waals surface area contributed by atoms with E-state index in [0.29, 0.717) is 5.69 Å². The molecule has 0 bridgehead atoms. The van der Waals surface area contributed by atoms with Crippen molar-refractivity contribution in [1.29, 1.82) is 0 Å². The van der Waals surface area contributed by atoms with Crippen LogP contribution in [0.4, 0.5) is 11.4 Å². The fourth-order valence-electron chi connectivity index (χ4n) is 1.54. The number of sulfonamides is 1. The minimum atomic E-state index is -3.40. The Morgan fingerprint density at radius 1 is 1.33 bits per heavy atom. The Balaban J connectivity index is 2.91. The van der Waals surface area contributed by atoms with Crippen LogP contribution in [0.15, 0.2) is 24.3 Å². The number of para-hydroxylation sites is 2. The predicted octanol–water partition coefficient (Wildman–Crippen LogP) is 1.53. The number of hydrogen-bond donors (Lipinski definition) is 1. The van der Waals surface area contributed by atoms with Gasteiger partial charge < -0.3 is 9.64 Å². The summed E-state index contributed by atoms with van der Waals surface area (Å²) >= 11 is 0. The van der Waals surface area contributed by atoms with Crippen LogP contribution in [0.5, 0.6) is 0 Å². The van der Waals surface area contributed by atoms with Crippen molar-refractivity contribution in [2.45, 2.75) is 13.0 Å². The van der Waals surface area contributed by atoms with E-state index in [-0.39, 0.29) is 11.9 Å². The average Bonchev–Trinajstić information content (AvgIpc) is 2.28. The van der Waals surface area contributed by atoms with Gasteiger partial charge in [-0.3, -0.25) is 4.72 Å². The fourth-order valence-corrected chi connectivity index (χ4v) is 2.88. The van der Waals surface area contributed by atoms with Crippen LogP contribution in [0, 0.1) is 0 Å². The second-order valence-electron chi connectivity index (χ2n) is 4.34. The van der Waals surface area contributed by atoms with Crippen molar-refractivity contribution >= 4 is 21.4 Å². The molecule has 6 heteroatoms. The molecule has 18 heavy (non-hydrogen) atoms. The third kappa shape index (κ3) is 4.19. The number of hydrogen-bond acceptors (Lipinski definition) is 4. The molecule has 0 unspecified atom stereocenters. The van der Waals surface area contributed by atoms with Gasteiger partial charge in [0.05, 0.1) is 23.2 Å². The molecule has 0 saturated heterocycles. The molecule has 1 aromatic rings. The highest BCUT2D eigenvalue weighted by molar-refractivity contribution is 7.92. The second kappa shape index (κ2) is 6.06. The van der Waals surface area contributed by atoms with Crippen molar-refractivity contribution in [3.05, 3.63) is 24.3 Å². The van der Waals surface area contributed by atoms with Crippen LogP contribution in [0.1, 0.15) is 6.92 Å². The lowest BCUT2D eigenvalue weighted by molar-refractivity contribution is 0.136. The van der Waals surface area contributed by atoms with Crippen molar-refractivity contribution in [2.75, 3.05) is 36.6 Å². The molecule has 1 atom stereocenters. The highest BCUT2D eigenvalue weighted by atomic mass is 32.2. The van der Waals surface area contributed by atoms with E-state index >= 15 is 0 Å². The van der Waals surface area contributed by atoms with Crippen LogP contribution in [-0.4, -0.2) is 41.5 Å². The van der Waals surface area contributed by atoms with E-state index in [1.54, 1.807) is 19.1 Å². The molecule has 0 aromatic heterocycles. The molecular weight excluding hydrogens is 252 g/mol. The molecule has 0 spiro atoms. The lowest BCUT2D eigenvalue weighted by atomic mass is 10.2. The van der Waals surface area contributed by atoms with Crippen molar-refractivity contribution in [3.8, 4) is 0 Å². The molecule has 102 valence electrons. The minimum Gasteiger partial charge on any atom is -0.381 e. The molecule has 0 heterocycles. The number of anilines is 2. The zero-order chi connectivity index (χ0) is 13.8. The molecule has 0 amide bonds. The molecule has 1 N–H and O–H groups in total. The van der Waals surface area contributed by atoms with Gasteiger partial charge in [0.1, 0.15) is 0 Å². The highest BCUT2D eigenvalue weighted by Crippen LogP contribution is 2.24. The lowest BCUT2D eigenvalue weighted by Gasteiger charge is -2.19. The summed E-state index contributed by atoms with van der Waals surface area (Å²) in [5, 5.41) is 0. The van der Waals surface area contributed by atoms with Crippen LogP contribution >= 0.6 is 0 Å². The summed E-state index contributed by atoms with van der Waals surface area (Å²) in [7, 11) is 1.82. The number of rotatable bonds is 6. The monoisotopic (exact) mass is 272 g/mol. The van der Waals surface area contributed by atoms with Crippen molar-refractivity contribution in [2.24, 2.45) is 0 Å². The maximum Gasteiger partial charge on any atom is 0.235 e. The van der Waals surface area contributed by atoms with Gasteiger partial charge in [0.25, 0.3) is 0 Å². The number of benzene rings is 1. The van der Waals surface area contributed by atoms with Crippen LogP contribution in [0.25, 0.3) is 0 Å². The normalized spacial score (nSPS) is 13.1. The maximum atomic E-state index is 11.9. The first-order chi connectivity index (χ1) is 8.35. The molecule has 0 radical (unpaired) electrons. The molecule has 5 nitrogen and oxygen atoms in total. The van der Waals surface area contributed by atoms with Crippen LogP contribution in [0.2, 0.25) is 0 Å². The van der Waals surface area contributed by atoms with Crippen LogP contribution in [-0.2, 0) is 14.8 Å². The summed E-state index contributed by atoms with van der Waals surface area (Å²) in [6, 6.07) is 7.26.